The number of nitrogens with one attached hydrogen (secondary N) is 3. The fourth-order valence-electron chi connectivity index (χ4n) is 1.82. The third-order valence-electron chi connectivity index (χ3n) is 3.11. The lowest BCUT2D eigenvalue weighted by molar-refractivity contribution is -0.121. The number of hydrogen-bond acceptors (Lipinski definition) is 6. The average molecular weight is 381 g/mol. The summed E-state index contributed by atoms with van der Waals surface area (Å²) in [7, 11) is -3.77. The number of halogens is 1. The smallest absolute Gasteiger partial charge is 0.273 e. The third-order valence-corrected chi connectivity index (χ3v) is 4.58. The van der Waals surface area contributed by atoms with Crippen molar-refractivity contribution in [3.05, 3.63) is 54.4 Å². The molecule has 0 saturated carbocycles. The topological polar surface area (TPSA) is 130 Å². The first-order chi connectivity index (χ1) is 12.4. The molecule has 0 aliphatic carbocycles. The number of benzene rings is 1. The van der Waals surface area contributed by atoms with Gasteiger partial charge in [0.2, 0.25) is 15.9 Å². The summed E-state index contributed by atoms with van der Waals surface area (Å²) in [6.07, 6.45) is 4.16. The van der Waals surface area contributed by atoms with Crippen molar-refractivity contribution in [2.24, 2.45) is 0 Å². The molecule has 1 aromatic carbocycles. The van der Waals surface area contributed by atoms with Crippen LogP contribution in [0, 0.1) is 5.82 Å². The SMILES string of the molecule is O=C(CCCNS(=O)(=O)c1ccc(F)cc1)NNC(=O)c1cnccn1. The predicted octanol–water partition coefficient (Wildman–Crippen LogP) is 0.135. The molecule has 0 spiro atoms. The molecule has 0 fully saturated rings. The van der Waals surface area contributed by atoms with Crippen LogP contribution in [-0.4, -0.2) is 36.7 Å². The van der Waals surface area contributed by atoms with Crippen LogP contribution < -0.4 is 15.6 Å². The number of nitrogens with zero attached hydrogens (tertiary/aromatic N) is 2. The van der Waals surface area contributed by atoms with Gasteiger partial charge in [-0.2, -0.15) is 0 Å². The average Bonchev–Trinajstić information content (AvgIpc) is 2.64. The number of aromatic nitrogens is 2. The maximum Gasteiger partial charge on any atom is 0.289 e. The summed E-state index contributed by atoms with van der Waals surface area (Å²) >= 11 is 0. The Morgan fingerprint density at radius 1 is 1.08 bits per heavy atom. The van der Waals surface area contributed by atoms with E-state index >= 15 is 0 Å². The summed E-state index contributed by atoms with van der Waals surface area (Å²) in [6.45, 7) is 0.00520. The minimum Gasteiger partial charge on any atom is -0.273 e. The van der Waals surface area contributed by atoms with Crippen molar-refractivity contribution >= 4 is 21.8 Å². The zero-order valence-electron chi connectivity index (χ0n) is 13.5. The largest absolute Gasteiger partial charge is 0.289 e. The summed E-state index contributed by atoms with van der Waals surface area (Å²) < 4.78 is 39.0. The molecule has 9 nitrogen and oxygen atoms in total. The summed E-state index contributed by atoms with van der Waals surface area (Å²) in [5.74, 6) is -1.66. The molecule has 2 rings (SSSR count). The van der Waals surface area contributed by atoms with Gasteiger partial charge in [-0.3, -0.25) is 25.4 Å². The fourth-order valence-corrected chi connectivity index (χ4v) is 2.90. The molecule has 0 saturated heterocycles. The molecular weight excluding hydrogens is 365 g/mol. The molecule has 3 N–H and O–H groups in total. The molecule has 0 atom stereocenters. The van der Waals surface area contributed by atoms with Gasteiger partial charge in [-0.15, -0.1) is 0 Å². The number of rotatable bonds is 7. The van der Waals surface area contributed by atoms with Crippen LogP contribution in [0.15, 0.2) is 47.8 Å². The highest BCUT2D eigenvalue weighted by Crippen LogP contribution is 2.09. The van der Waals surface area contributed by atoms with E-state index in [4.69, 9.17) is 0 Å². The zero-order valence-corrected chi connectivity index (χ0v) is 14.3. The van der Waals surface area contributed by atoms with E-state index in [1.54, 1.807) is 0 Å². The van der Waals surface area contributed by atoms with E-state index in [1.165, 1.54) is 18.6 Å². The van der Waals surface area contributed by atoms with Crippen LogP contribution in [0.1, 0.15) is 23.3 Å². The number of amides is 2. The van der Waals surface area contributed by atoms with E-state index in [2.05, 4.69) is 25.5 Å². The van der Waals surface area contributed by atoms with Crippen molar-refractivity contribution in [2.45, 2.75) is 17.7 Å². The van der Waals surface area contributed by atoms with Crippen molar-refractivity contribution < 1.29 is 22.4 Å². The summed E-state index contributed by atoms with van der Waals surface area (Å²) in [5.41, 5.74) is 4.40. The molecule has 2 aromatic rings. The van der Waals surface area contributed by atoms with Crippen molar-refractivity contribution in [1.29, 1.82) is 0 Å². The van der Waals surface area contributed by atoms with Crippen LogP contribution >= 0.6 is 0 Å². The van der Waals surface area contributed by atoms with Crippen LogP contribution in [0.5, 0.6) is 0 Å². The quantitative estimate of drug-likeness (QED) is 0.462. The van der Waals surface area contributed by atoms with Crippen molar-refractivity contribution in [3.8, 4) is 0 Å². The Balaban J connectivity index is 1.70. The molecule has 0 bridgehead atoms. The van der Waals surface area contributed by atoms with Gasteiger partial charge in [0.05, 0.1) is 11.1 Å². The second-order valence-electron chi connectivity index (χ2n) is 5.05. The van der Waals surface area contributed by atoms with Crippen molar-refractivity contribution in [1.82, 2.24) is 25.5 Å². The van der Waals surface area contributed by atoms with Gasteiger partial charge in [-0.05, 0) is 30.7 Å². The van der Waals surface area contributed by atoms with E-state index in [9.17, 15) is 22.4 Å². The predicted molar refractivity (Wildman–Crippen MR) is 88.5 cm³/mol. The number of carbonyl (C=O) groups excluding carboxylic acids is 2. The Hall–Kier alpha value is -2.92. The molecule has 26 heavy (non-hydrogen) atoms. The first-order valence-electron chi connectivity index (χ1n) is 7.49. The lowest BCUT2D eigenvalue weighted by Crippen LogP contribution is -2.42. The normalized spacial score (nSPS) is 11.0. The number of hydrogen-bond donors (Lipinski definition) is 3. The number of sulfonamides is 1. The van der Waals surface area contributed by atoms with E-state index in [1.807, 2.05) is 0 Å². The number of carbonyl (C=O) groups is 2. The molecule has 0 aliphatic heterocycles. The zero-order chi connectivity index (χ0) is 19.0. The first-order valence-corrected chi connectivity index (χ1v) is 8.97. The maximum atomic E-state index is 12.8. The summed E-state index contributed by atoms with van der Waals surface area (Å²) in [4.78, 5) is 30.7. The second-order valence-corrected chi connectivity index (χ2v) is 6.82. The highest BCUT2D eigenvalue weighted by atomic mass is 32.2. The Morgan fingerprint density at radius 3 is 2.46 bits per heavy atom. The molecule has 0 aliphatic rings. The standard InChI is InChI=1S/C15H16FN5O4S/c16-11-3-5-12(6-4-11)26(24,25)19-7-1-2-14(22)20-21-15(23)13-10-17-8-9-18-13/h3-6,8-10,19H,1-2,7H2,(H,20,22)(H,21,23). The molecule has 0 radical (unpaired) electrons. The minimum atomic E-state index is -3.77. The van der Waals surface area contributed by atoms with Crippen LogP contribution in [0.25, 0.3) is 0 Å². The Labute approximate surface area is 149 Å². The first kappa shape index (κ1) is 19.4. The van der Waals surface area contributed by atoms with Crippen LogP contribution in [0.4, 0.5) is 4.39 Å². The summed E-state index contributed by atoms with van der Waals surface area (Å²) in [6, 6.07) is 4.38. The molecule has 2 amide bonds. The van der Waals surface area contributed by atoms with Gasteiger partial charge in [0, 0.05) is 25.4 Å². The third kappa shape index (κ3) is 5.86. The van der Waals surface area contributed by atoms with Crippen LogP contribution in [0.2, 0.25) is 0 Å². The van der Waals surface area contributed by atoms with Gasteiger partial charge in [0.25, 0.3) is 5.91 Å². The Morgan fingerprint density at radius 2 is 1.81 bits per heavy atom. The molecule has 1 aromatic heterocycles. The Kier molecular flexibility index (Phi) is 6.69. The number of hydrazine groups is 1. The maximum absolute atomic E-state index is 12.8. The van der Waals surface area contributed by atoms with E-state index in [0.29, 0.717) is 0 Å². The van der Waals surface area contributed by atoms with Gasteiger partial charge < -0.3 is 0 Å². The highest BCUT2D eigenvalue weighted by molar-refractivity contribution is 7.89. The van der Waals surface area contributed by atoms with Gasteiger partial charge in [0.15, 0.2) is 0 Å². The molecular formula is C15H16FN5O4S. The van der Waals surface area contributed by atoms with E-state index in [0.717, 1.165) is 24.3 Å². The van der Waals surface area contributed by atoms with Crippen LogP contribution in [0.3, 0.4) is 0 Å². The van der Waals surface area contributed by atoms with E-state index < -0.39 is 27.7 Å². The molecule has 11 heteroatoms. The van der Waals surface area contributed by atoms with E-state index in [-0.39, 0.29) is 30.0 Å². The van der Waals surface area contributed by atoms with Crippen LogP contribution in [-0.2, 0) is 14.8 Å². The minimum absolute atomic E-state index is 0.00520. The Bertz CT molecular complexity index is 859. The van der Waals surface area contributed by atoms with Crippen molar-refractivity contribution in [2.75, 3.05) is 6.54 Å². The van der Waals surface area contributed by atoms with Crippen molar-refractivity contribution in [3.63, 3.8) is 0 Å². The lowest BCUT2D eigenvalue weighted by Gasteiger charge is -2.08. The monoisotopic (exact) mass is 381 g/mol. The fraction of sp³-hybridized carbons (Fsp3) is 0.200. The molecule has 1 heterocycles. The second kappa shape index (κ2) is 8.97. The lowest BCUT2D eigenvalue weighted by atomic mass is 10.3. The molecule has 0 unspecified atom stereocenters. The highest BCUT2D eigenvalue weighted by Gasteiger charge is 2.13. The van der Waals surface area contributed by atoms with Gasteiger partial charge in [0.1, 0.15) is 11.5 Å². The molecule has 138 valence electrons. The van der Waals surface area contributed by atoms with Gasteiger partial charge in [-0.1, -0.05) is 0 Å². The summed E-state index contributed by atoms with van der Waals surface area (Å²) in [5, 5.41) is 0. The van der Waals surface area contributed by atoms with Gasteiger partial charge >= 0.3 is 0 Å². The van der Waals surface area contributed by atoms with Gasteiger partial charge in [-0.25, -0.2) is 22.5 Å².